The molecule has 5 nitrogen and oxygen atoms in total. The summed E-state index contributed by atoms with van der Waals surface area (Å²) in [5.74, 6) is -1.01. The number of aromatic nitrogens is 2. The van der Waals surface area contributed by atoms with Crippen molar-refractivity contribution in [2.75, 3.05) is 5.32 Å². The molecule has 0 radical (unpaired) electrons. The van der Waals surface area contributed by atoms with Gasteiger partial charge >= 0.3 is 5.97 Å². The first-order valence-corrected chi connectivity index (χ1v) is 6.34. The number of hydrogen-bond donors (Lipinski definition) is 2. The lowest BCUT2D eigenvalue weighted by Crippen LogP contribution is -2.03. The summed E-state index contributed by atoms with van der Waals surface area (Å²) < 4.78 is 0. The molecule has 0 spiro atoms. The molecule has 6 heteroatoms. The zero-order valence-electron chi connectivity index (χ0n) is 10.1. The molecule has 0 fully saturated rings. The summed E-state index contributed by atoms with van der Waals surface area (Å²) in [5, 5.41) is 12.8. The number of anilines is 2. The van der Waals surface area contributed by atoms with E-state index >= 15 is 0 Å². The highest BCUT2D eigenvalue weighted by Crippen LogP contribution is 2.26. The number of aryl methyl sites for hydroxylation is 2. The van der Waals surface area contributed by atoms with Gasteiger partial charge in [0.15, 0.2) is 5.13 Å². The van der Waals surface area contributed by atoms with E-state index in [4.69, 9.17) is 5.11 Å². The highest BCUT2D eigenvalue weighted by Gasteiger charge is 2.12. The molecule has 2 aromatic heterocycles. The van der Waals surface area contributed by atoms with Crippen LogP contribution in [0.5, 0.6) is 0 Å². The van der Waals surface area contributed by atoms with Crippen LogP contribution in [-0.2, 0) is 6.42 Å². The van der Waals surface area contributed by atoms with E-state index in [1.54, 1.807) is 12.3 Å². The standard InChI is InChI=1S/C12H13N3O2S/c1-3-9-7(2)18-12(14-9)15-10-4-5-13-6-8(10)11(16)17/h4-6H,3H2,1-2H3,(H,16,17)(H,13,14,15). The number of nitrogens with zero attached hydrogens (tertiary/aromatic N) is 2. The molecule has 2 rings (SSSR count). The highest BCUT2D eigenvalue weighted by atomic mass is 32.1. The van der Waals surface area contributed by atoms with Gasteiger partial charge in [-0.3, -0.25) is 4.98 Å². The van der Waals surface area contributed by atoms with Gasteiger partial charge in [0.25, 0.3) is 0 Å². The Bertz CT molecular complexity index is 580. The van der Waals surface area contributed by atoms with Gasteiger partial charge in [-0.05, 0) is 19.4 Å². The normalized spacial score (nSPS) is 10.3. The van der Waals surface area contributed by atoms with Crippen molar-refractivity contribution in [3.05, 3.63) is 34.6 Å². The van der Waals surface area contributed by atoms with E-state index in [1.807, 2.05) is 13.8 Å². The van der Waals surface area contributed by atoms with Crippen molar-refractivity contribution in [1.82, 2.24) is 9.97 Å². The van der Waals surface area contributed by atoms with Gasteiger partial charge in [-0.15, -0.1) is 11.3 Å². The molecule has 0 unspecified atom stereocenters. The summed E-state index contributed by atoms with van der Waals surface area (Å²) in [6.07, 6.45) is 3.74. The topological polar surface area (TPSA) is 75.1 Å². The molecule has 0 atom stereocenters. The number of thiazole rings is 1. The molecule has 0 bridgehead atoms. The molecular weight excluding hydrogens is 250 g/mol. The number of rotatable bonds is 4. The van der Waals surface area contributed by atoms with Crippen LogP contribution in [0.3, 0.4) is 0 Å². The van der Waals surface area contributed by atoms with Crippen molar-refractivity contribution in [3.8, 4) is 0 Å². The van der Waals surface area contributed by atoms with E-state index < -0.39 is 5.97 Å². The van der Waals surface area contributed by atoms with Crippen molar-refractivity contribution in [1.29, 1.82) is 0 Å². The molecule has 0 aliphatic rings. The van der Waals surface area contributed by atoms with Crippen LogP contribution >= 0.6 is 11.3 Å². The minimum absolute atomic E-state index is 0.142. The van der Waals surface area contributed by atoms with Crippen LogP contribution in [0.25, 0.3) is 0 Å². The van der Waals surface area contributed by atoms with Crippen LogP contribution in [0.15, 0.2) is 18.5 Å². The molecule has 2 aromatic rings. The largest absolute Gasteiger partial charge is 0.478 e. The lowest BCUT2D eigenvalue weighted by molar-refractivity contribution is 0.0697. The zero-order chi connectivity index (χ0) is 13.1. The Morgan fingerprint density at radius 3 is 2.94 bits per heavy atom. The Morgan fingerprint density at radius 2 is 2.33 bits per heavy atom. The summed E-state index contributed by atoms with van der Waals surface area (Å²) in [5.41, 5.74) is 1.69. The molecule has 0 saturated heterocycles. The number of hydrogen-bond acceptors (Lipinski definition) is 5. The first-order chi connectivity index (χ1) is 8.61. The fourth-order valence-electron chi connectivity index (χ4n) is 1.60. The quantitative estimate of drug-likeness (QED) is 0.887. The van der Waals surface area contributed by atoms with E-state index in [1.165, 1.54) is 17.5 Å². The van der Waals surface area contributed by atoms with Crippen LogP contribution in [-0.4, -0.2) is 21.0 Å². The minimum atomic E-state index is -1.01. The predicted molar refractivity (Wildman–Crippen MR) is 70.7 cm³/mol. The van der Waals surface area contributed by atoms with Crippen LogP contribution < -0.4 is 5.32 Å². The summed E-state index contributed by atoms with van der Waals surface area (Å²) >= 11 is 1.52. The molecule has 94 valence electrons. The Balaban J connectivity index is 2.31. The van der Waals surface area contributed by atoms with Crippen molar-refractivity contribution < 1.29 is 9.90 Å². The fourth-order valence-corrected chi connectivity index (χ4v) is 2.51. The summed E-state index contributed by atoms with van der Waals surface area (Å²) in [7, 11) is 0. The Kier molecular flexibility index (Phi) is 3.57. The van der Waals surface area contributed by atoms with Gasteiger partial charge < -0.3 is 10.4 Å². The van der Waals surface area contributed by atoms with E-state index in [9.17, 15) is 4.79 Å². The maximum absolute atomic E-state index is 11.0. The second-order valence-electron chi connectivity index (χ2n) is 3.73. The third kappa shape index (κ3) is 2.48. The first-order valence-electron chi connectivity index (χ1n) is 5.52. The van der Waals surface area contributed by atoms with Gasteiger partial charge in [0.1, 0.15) is 5.56 Å². The Morgan fingerprint density at radius 1 is 1.56 bits per heavy atom. The van der Waals surface area contributed by atoms with Crippen molar-refractivity contribution in [3.63, 3.8) is 0 Å². The molecule has 0 aromatic carbocycles. The van der Waals surface area contributed by atoms with Crippen LogP contribution in [0.1, 0.15) is 27.9 Å². The zero-order valence-corrected chi connectivity index (χ0v) is 10.9. The van der Waals surface area contributed by atoms with E-state index in [-0.39, 0.29) is 5.56 Å². The number of nitrogens with one attached hydrogen (secondary N) is 1. The number of carboxylic acids is 1. The summed E-state index contributed by atoms with van der Waals surface area (Å²) in [4.78, 5) is 20.4. The number of pyridine rings is 1. The number of aromatic carboxylic acids is 1. The maximum atomic E-state index is 11.0. The second kappa shape index (κ2) is 5.14. The minimum Gasteiger partial charge on any atom is -0.478 e. The van der Waals surface area contributed by atoms with E-state index in [0.29, 0.717) is 10.8 Å². The average Bonchev–Trinajstić information content (AvgIpc) is 2.70. The second-order valence-corrected chi connectivity index (χ2v) is 4.93. The monoisotopic (exact) mass is 263 g/mol. The molecule has 2 N–H and O–H groups in total. The molecule has 0 aliphatic heterocycles. The number of carbonyl (C=O) groups is 1. The Labute approximate surface area is 109 Å². The van der Waals surface area contributed by atoms with Gasteiger partial charge in [0.2, 0.25) is 0 Å². The van der Waals surface area contributed by atoms with E-state index in [0.717, 1.165) is 17.0 Å². The van der Waals surface area contributed by atoms with Crippen molar-refractivity contribution in [2.24, 2.45) is 0 Å². The van der Waals surface area contributed by atoms with E-state index in [2.05, 4.69) is 15.3 Å². The average molecular weight is 263 g/mol. The molecule has 0 aliphatic carbocycles. The molecule has 2 heterocycles. The SMILES string of the molecule is CCc1nc(Nc2ccncc2C(=O)O)sc1C. The van der Waals surface area contributed by atoms with Crippen LogP contribution in [0.4, 0.5) is 10.8 Å². The van der Waals surface area contributed by atoms with Crippen molar-refractivity contribution >= 4 is 28.1 Å². The maximum Gasteiger partial charge on any atom is 0.339 e. The van der Waals surface area contributed by atoms with Gasteiger partial charge in [-0.1, -0.05) is 6.92 Å². The third-order valence-electron chi connectivity index (χ3n) is 2.52. The predicted octanol–water partition coefficient (Wildman–Crippen LogP) is 2.85. The van der Waals surface area contributed by atoms with Gasteiger partial charge in [-0.25, -0.2) is 9.78 Å². The molecule has 0 saturated carbocycles. The fraction of sp³-hybridized carbons (Fsp3) is 0.250. The highest BCUT2D eigenvalue weighted by molar-refractivity contribution is 7.15. The molecule has 18 heavy (non-hydrogen) atoms. The molecular formula is C12H13N3O2S. The van der Waals surface area contributed by atoms with Crippen LogP contribution in [0.2, 0.25) is 0 Å². The summed E-state index contributed by atoms with van der Waals surface area (Å²) in [6.45, 7) is 4.05. The lowest BCUT2D eigenvalue weighted by atomic mass is 10.2. The smallest absolute Gasteiger partial charge is 0.339 e. The third-order valence-corrected chi connectivity index (χ3v) is 3.45. The summed E-state index contributed by atoms with van der Waals surface area (Å²) in [6, 6.07) is 1.63. The lowest BCUT2D eigenvalue weighted by Gasteiger charge is -2.05. The molecule has 0 amide bonds. The van der Waals surface area contributed by atoms with Gasteiger partial charge in [0, 0.05) is 17.3 Å². The van der Waals surface area contributed by atoms with Gasteiger partial charge in [-0.2, -0.15) is 0 Å². The number of carboxylic acid groups (broad SMARTS) is 1. The Hall–Kier alpha value is -1.95. The van der Waals surface area contributed by atoms with Crippen LogP contribution in [0, 0.1) is 6.92 Å². The van der Waals surface area contributed by atoms with Crippen molar-refractivity contribution in [2.45, 2.75) is 20.3 Å². The first kappa shape index (κ1) is 12.5. The van der Waals surface area contributed by atoms with Gasteiger partial charge in [0.05, 0.1) is 11.4 Å².